The molecule has 0 saturated carbocycles. The quantitative estimate of drug-likeness (QED) is 0.943. The second-order valence-electron chi connectivity index (χ2n) is 6.57. The van der Waals surface area contributed by atoms with Crippen LogP contribution < -0.4 is 5.32 Å². The zero-order valence-corrected chi connectivity index (χ0v) is 14.1. The number of fused-ring (bicyclic) bond motifs is 3. The average molecular weight is 327 g/mol. The molecule has 5 heteroatoms. The number of carbonyl (C=O) groups excluding carboxylic acids is 1. The summed E-state index contributed by atoms with van der Waals surface area (Å²) in [5, 5.41) is 3.25. The van der Waals surface area contributed by atoms with Crippen LogP contribution in [0.25, 0.3) is 10.4 Å². The Hall–Kier alpha value is -1.72. The number of rotatable bonds is 3. The summed E-state index contributed by atoms with van der Waals surface area (Å²) in [5.41, 5.74) is 2.08. The molecular weight excluding hydrogens is 306 g/mol. The Bertz CT molecular complexity index is 701. The van der Waals surface area contributed by atoms with Crippen molar-refractivity contribution in [3.8, 4) is 10.4 Å². The lowest BCUT2D eigenvalue weighted by atomic mass is 9.84. The number of amides is 1. The van der Waals surface area contributed by atoms with Crippen LogP contribution in [-0.4, -0.2) is 41.5 Å². The van der Waals surface area contributed by atoms with Gasteiger partial charge in [0.05, 0.1) is 4.88 Å². The maximum absolute atomic E-state index is 12.6. The van der Waals surface area contributed by atoms with Gasteiger partial charge in [-0.2, -0.15) is 0 Å². The van der Waals surface area contributed by atoms with E-state index < -0.39 is 0 Å². The maximum Gasteiger partial charge on any atom is 0.261 e. The third-order valence-corrected chi connectivity index (χ3v) is 6.13. The van der Waals surface area contributed by atoms with E-state index in [9.17, 15) is 4.79 Å². The standard InChI is InChI=1S/C18H21N3OS/c1-12-2-3-14(10-19-12)16-4-5-17(23-16)18(22)20-15-11-21-8-6-13(15)7-9-21/h2-5,10,13,15H,6-9,11H2,1H3,(H,20,22)/t15-/m0/s1. The molecule has 1 amide bonds. The van der Waals surface area contributed by atoms with Crippen LogP contribution in [0.4, 0.5) is 0 Å². The third kappa shape index (κ3) is 3.03. The lowest BCUT2D eigenvalue weighted by Gasteiger charge is -2.44. The van der Waals surface area contributed by atoms with Gasteiger partial charge in [-0.05, 0) is 57.0 Å². The summed E-state index contributed by atoms with van der Waals surface area (Å²) in [4.78, 5) is 21.2. The molecule has 5 rings (SSSR count). The van der Waals surface area contributed by atoms with Crippen molar-refractivity contribution < 1.29 is 4.79 Å². The molecule has 1 atom stereocenters. The highest BCUT2D eigenvalue weighted by molar-refractivity contribution is 7.17. The Morgan fingerprint density at radius 1 is 1.26 bits per heavy atom. The number of pyridine rings is 1. The minimum absolute atomic E-state index is 0.0695. The summed E-state index contributed by atoms with van der Waals surface area (Å²) < 4.78 is 0. The predicted octanol–water partition coefficient (Wildman–Crippen LogP) is 2.94. The summed E-state index contributed by atoms with van der Waals surface area (Å²) >= 11 is 1.54. The third-order valence-electron chi connectivity index (χ3n) is 5.00. The highest BCUT2D eigenvalue weighted by Crippen LogP contribution is 2.30. The molecule has 5 heterocycles. The zero-order valence-electron chi connectivity index (χ0n) is 13.3. The fourth-order valence-corrected chi connectivity index (χ4v) is 4.50. The molecule has 23 heavy (non-hydrogen) atoms. The Morgan fingerprint density at radius 2 is 2.09 bits per heavy atom. The van der Waals surface area contributed by atoms with Gasteiger partial charge in [-0.3, -0.25) is 9.78 Å². The molecule has 1 N–H and O–H groups in total. The van der Waals surface area contributed by atoms with E-state index in [1.54, 1.807) is 11.3 Å². The Morgan fingerprint density at radius 3 is 2.74 bits per heavy atom. The van der Waals surface area contributed by atoms with Gasteiger partial charge >= 0.3 is 0 Å². The van der Waals surface area contributed by atoms with Crippen molar-refractivity contribution in [3.05, 3.63) is 41.0 Å². The zero-order chi connectivity index (χ0) is 15.8. The molecule has 0 unspecified atom stereocenters. The Kier molecular flexibility index (Phi) is 3.91. The fourth-order valence-electron chi connectivity index (χ4n) is 3.60. The molecule has 0 radical (unpaired) electrons. The number of nitrogens with zero attached hydrogens (tertiary/aromatic N) is 2. The fraction of sp³-hybridized carbons (Fsp3) is 0.444. The summed E-state index contributed by atoms with van der Waals surface area (Å²) in [7, 11) is 0. The summed E-state index contributed by atoms with van der Waals surface area (Å²) in [5.74, 6) is 0.727. The van der Waals surface area contributed by atoms with E-state index in [2.05, 4.69) is 21.3 Å². The highest BCUT2D eigenvalue weighted by atomic mass is 32.1. The lowest BCUT2D eigenvalue weighted by Crippen LogP contribution is -2.57. The van der Waals surface area contributed by atoms with E-state index in [0.717, 1.165) is 27.6 Å². The molecule has 120 valence electrons. The lowest BCUT2D eigenvalue weighted by molar-refractivity contribution is 0.0622. The second-order valence-corrected chi connectivity index (χ2v) is 7.65. The second kappa shape index (κ2) is 6.06. The van der Waals surface area contributed by atoms with Crippen molar-refractivity contribution in [2.45, 2.75) is 25.8 Å². The van der Waals surface area contributed by atoms with E-state index in [1.165, 1.54) is 25.9 Å². The smallest absolute Gasteiger partial charge is 0.261 e. The van der Waals surface area contributed by atoms with Crippen molar-refractivity contribution in [2.75, 3.05) is 19.6 Å². The molecule has 3 saturated heterocycles. The van der Waals surface area contributed by atoms with Gasteiger partial charge in [0.25, 0.3) is 5.91 Å². The maximum atomic E-state index is 12.6. The number of thiophene rings is 1. The first-order valence-corrected chi connectivity index (χ1v) is 9.07. The molecule has 3 aliphatic rings. The molecule has 3 fully saturated rings. The summed E-state index contributed by atoms with van der Waals surface area (Å²) in [6, 6.07) is 8.32. The van der Waals surface area contributed by atoms with Crippen molar-refractivity contribution in [1.82, 2.24) is 15.2 Å². The van der Waals surface area contributed by atoms with Crippen molar-refractivity contribution in [3.63, 3.8) is 0 Å². The molecule has 2 bridgehead atoms. The molecule has 0 aliphatic carbocycles. The predicted molar refractivity (Wildman–Crippen MR) is 92.7 cm³/mol. The van der Waals surface area contributed by atoms with E-state index in [0.29, 0.717) is 12.0 Å². The molecule has 0 aromatic carbocycles. The van der Waals surface area contributed by atoms with E-state index in [1.807, 2.05) is 31.3 Å². The van der Waals surface area contributed by atoms with E-state index in [-0.39, 0.29) is 5.91 Å². The van der Waals surface area contributed by atoms with Gasteiger partial charge in [0.15, 0.2) is 0 Å². The van der Waals surface area contributed by atoms with Crippen LogP contribution >= 0.6 is 11.3 Å². The van der Waals surface area contributed by atoms with Crippen LogP contribution in [0.5, 0.6) is 0 Å². The van der Waals surface area contributed by atoms with Crippen LogP contribution in [-0.2, 0) is 0 Å². The van der Waals surface area contributed by atoms with Crippen LogP contribution in [0.15, 0.2) is 30.5 Å². The number of aromatic nitrogens is 1. The average Bonchev–Trinajstić information content (AvgIpc) is 3.07. The van der Waals surface area contributed by atoms with Crippen molar-refractivity contribution >= 4 is 17.2 Å². The number of carbonyl (C=O) groups is 1. The molecule has 2 aromatic rings. The van der Waals surface area contributed by atoms with E-state index in [4.69, 9.17) is 0 Å². The van der Waals surface area contributed by atoms with Gasteiger partial charge in [-0.15, -0.1) is 11.3 Å². The van der Waals surface area contributed by atoms with Crippen molar-refractivity contribution in [1.29, 1.82) is 0 Å². The molecule has 4 nitrogen and oxygen atoms in total. The number of hydrogen-bond donors (Lipinski definition) is 1. The first kappa shape index (κ1) is 14.8. The normalized spacial score (nSPS) is 26.2. The largest absolute Gasteiger partial charge is 0.347 e. The Labute approximate surface area is 140 Å². The molecular formula is C18H21N3OS. The SMILES string of the molecule is Cc1ccc(-c2ccc(C(=O)N[C@H]3CN4CCC3CC4)s2)cn1. The van der Waals surface area contributed by atoms with Gasteiger partial charge < -0.3 is 10.2 Å². The number of hydrogen-bond acceptors (Lipinski definition) is 4. The van der Waals surface area contributed by atoms with Crippen LogP contribution in [0.1, 0.15) is 28.2 Å². The molecule has 0 spiro atoms. The highest BCUT2D eigenvalue weighted by Gasteiger charge is 2.35. The first-order valence-electron chi connectivity index (χ1n) is 8.25. The number of aryl methyl sites for hydroxylation is 1. The minimum Gasteiger partial charge on any atom is -0.347 e. The van der Waals surface area contributed by atoms with Gasteiger partial charge in [-0.25, -0.2) is 0 Å². The van der Waals surface area contributed by atoms with Gasteiger partial charge in [0, 0.05) is 34.9 Å². The summed E-state index contributed by atoms with van der Waals surface area (Å²) in [6.07, 6.45) is 4.31. The van der Waals surface area contributed by atoms with Crippen LogP contribution in [0.2, 0.25) is 0 Å². The van der Waals surface area contributed by atoms with Gasteiger partial charge in [0.2, 0.25) is 0 Å². The number of piperidine rings is 3. The van der Waals surface area contributed by atoms with Gasteiger partial charge in [-0.1, -0.05) is 6.07 Å². The Balaban J connectivity index is 1.46. The first-order chi connectivity index (χ1) is 11.2. The molecule has 2 aromatic heterocycles. The molecule has 3 aliphatic heterocycles. The monoisotopic (exact) mass is 327 g/mol. The van der Waals surface area contributed by atoms with E-state index >= 15 is 0 Å². The van der Waals surface area contributed by atoms with Crippen LogP contribution in [0, 0.1) is 12.8 Å². The number of nitrogens with one attached hydrogen (secondary N) is 1. The van der Waals surface area contributed by atoms with Gasteiger partial charge in [0.1, 0.15) is 0 Å². The summed E-state index contributed by atoms with van der Waals surface area (Å²) in [6.45, 7) is 5.38. The minimum atomic E-state index is 0.0695. The topological polar surface area (TPSA) is 45.2 Å². The van der Waals surface area contributed by atoms with Crippen molar-refractivity contribution in [2.24, 2.45) is 5.92 Å². The van der Waals surface area contributed by atoms with Crippen LogP contribution in [0.3, 0.4) is 0 Å².